The molecule has 0 saturated carbocycles. The van der Waals surface area contributed by atoms with E-state index < -0.39 is 0 Å². The van der Waals surface area contributed by atoms with Crippen molar-refractivity contribution >= 4 is 6.09 Å². The van der Waals surface area contributed by atoms with Gasteiger partial charge >= 0.3 is 6.09 Å². The Bertz CT molecular complexity index is 474. The zero-order valence-electron chi connectivity index (χ0n) is 12.4. The largest absolute Gasteiger partial charge is 0.445 e. The first-order chi connectivity index (χ1) is 10.3. The van der Waals surface area contributed by atoms with Crippen molar-refractivity contribution in [1.29, 1.82) is 0 Å². The van der Waals surface area contributed by atoms with Crippen LogP contribution < -0.4 is 0 Å². The van der Waals surface area contributed by atoms with E-state index in [9.17, 15) is 4.79 Å². The van der Waals surface area contributed by atoms with Crippen LogP contribution in [0, 0.1) is 0 Å². The topological polar surface area (TPSA) is 42.0 Å². The molecule has 0 unspecified atom stereocenters. The molecule has 114 valence electrons. The Balaban J connectivity index is 1.46. The molecular weight excluding hydrogens is 268 g/mol. The van der Waals surface area contributed by atoms with Crippen LogP contribution in [0.3, 0.4) is 0 Å². The Morgan fingerprint density at radius 1 is 1.29 bits per heavy atom. The number of nitrogens with zero attached hydrogens (tertiary/aromatic N) is 2. The van der Waals surface area contributed by atoms with Crippen molar-refractivity contribution in [2.45, 2.75) is 25.6 Å². The van der Waals surface area contributed by atoms with Gasteiger partial charge in [-0.2, -0.15) is 0 Å². The highest BCUT2D eigenvalue weighted by Gasteiger charge is 2.43. The van der Waals surface area contributed by atoms with Crippen LogP contribution in [-0.4, -0.2) is 60.8 Å². The Labute approximate surface area is 125 Å². The number of ether oxygens (including phenoxy) is 2. The Kier molecular flexibility index (Phi) is 4.41. The van der Waals surface area contributed by atoms with E-state index >= 15 is 0 Å². The maximum atomic E-state index is 12.1. The molecule has 1 aromatic carbocycles. The Morgan fingerprint density at radius 3 is 2.67 bits per heavy atom. The van der Waals surface area contributed by atoms with E-state index in [0.717, 1.165) is 38.4 Å². The van der Waals surface area contributed by atoms with E-state index in [-0.39, 0.29) is 12.1 Å². The molecule has 2 aliphatic heterocycles. The highest BCUT2D eigenvalue weighted by molar-refractivity contribution is 5.69. The van der Waals surface area contributed by atoms with Crippen LogP contribution in [0.15, 0.2) is 30.3 Å². The minimum Gasteiger partial charge on any atom is -0.445 e. The fourth-order valence-electron chi connectivity index (χ4n) is 2.96. The fraction of sp³-hybridized carbons (Fsp3) is 0.562. The minimum atomic E-state index is -0.212. The average molecular weight is 290 g/mol. The van der Waals surface area contributed by atoms with Gasteiger partial charge in [0.05, 0.1) is 13.2 Å². The summed E-state index contributed by atoms with van der Waals surface area (Å²) in [6.07, 6.45) is -0.212. The second-order valence-electron chi connectivity index (χ2n) is 5.65. The molecular formula is C16H22N2O3. The summed E-state index contributed by atoms with van der Waals surface area (Å²) in [5, 5.41) is 0. The predicted octanol–water partition coefficient (Wildman–Crippen LogP) is 1.73. The van der Waals surface area contributed by atoms with E-state index in [1.54, 1.807) is 0 Å². The Hall–Kier alpha value is -1.59. The van der Waals surface area contributed by atoms with E-state index in [1.807, 2.05) is 35.2 Å². The molecule has 21 heavy (non-hydrogen) atoms. The minimum absolute atomic E-state index is 0.212. The van der Waals surface area contributed by atoms with Crippen LogP contribution in [0.1, 0.15) is 12.5 Å². The molecule has 0 bridgehead atoms. The molecule has 0 radical (unpaired) electrons. The van der Waals surface area contributed by atoms with Gasteiger partial charge in [-0.05, 0) is 12.5 Å². The van der Waals surface area contributed by atoms with Crippen molar-refractivity contribution in [3.8, 4) is 0 Å². The number of morpholine rings is 1. The lowest BCUT2D eigenvalue weighted by molar-refractivity contribution is -0.0585. The standard InChI is InChI=1S/C16H22N2O3/c1-13-15(17-7-9-20-10-8-17)11-18(13)16(19)21-12-14-5-3-2-4-6-14/h2-6,13,15H,7-12H2,1H3/t13-,15-/m1/s1. The Morgan fingerprint density at radius 2 is 2.00 bits per heavy atom. The van der Waals surface area contributed by atoms with Crippen LogP contribution in [0.2, 0.25) is 0 Å². The quantitative estimate of drug-likeness (QED) is 0.850. The summed E-state index contributed by atoms with van der Waals surface area (Å²) >= 11 is 0. The molecule has 1 amide bonds. The fourth-order valence-corrected chi connectivity index (χ4v) is 2.96. The van der Waals surface area contributed by atoms with Gasteiger partial charge in [-0.1, -0.05) is 30.3 Å². The molecule has 2 saturated heterocycles. The summed E-state index contributed by atoms with van der Waals surface area (Å²) in [7, 11) is 0. The molecule has 2 heterocycles. The third-order valence-electron chi connectivity index (χ3n) is 4.39. The van der Waals surface area contributed by atoms with Crippen molar-refractivity contribution in [3.63, 3.8) is 0 Å². The smallest absolute Gasteiger partial charge is 0.410 e. The number of carbonyl (C=O) groups excluding carboxylic acids is 1. The molecule has 5 nitrogen and oxygen atoms in total. The van der Waals surface area contributed by atoms with Crippen LogP contribution in [-0.2, 0) is 16.1 Å². The molecule has 1 aromatic rings. The number of hydrogen-bond acceptors (Lipinski definition) is 4. The highest BCUT2D eigenvalue weighted by Crippen LogP contribution is 2.25. The van der Waals surface area contributed by atoms with Crippen LogP contribution >= 0.6 is 0 Å². The number of hydrogen-bond donors (Lipinski definition) is 0. The van der Waals surface area contributed by atoms with Crippen molar-refractivity contribution < 1.29 is 14.3 Å². The lowest BCUT2D eigenvalue weighted by Crippen LogP contribution is -2.68. The van der Waals surface area contributed by atoms with Gasteiger partial charge in [-0.15, -0.1) is 0 Å². The summed E-state index contributed by atoms with van der Waals surface area (Å²) in [5.74, 6) is 0. The van der Waals surface area contributed by atoms with Gasteiger partial charge in [0.2, 0.25) is 0 Å². The van der Waals surface area contributed by atoms with Crippen molar-refractivity contribution in [2.75, 3.05) is 32.8 Å². The maximum Gasteiger partial charge on any atom is 0.410 e. The van der Waals surface area contributed by atoms with Gasteiger partial charge in [-0.25, -0.2) is 4.79 Å². The first-order valence-corrected chi connectivity index (χ1v) is 7.55. The third kappa shape index (κ3) is 3.19. The number of benzene rings is 1. The van der Waals surface area contributed by atoms with Crippen molar-refractivity contribution in [1.82, 2.24) is 9.80 Å². The molecule has 0 aromatic heterocycles. The van der Waals surface area contributed by atoms with Crippen LogP contribution in [0.5, 0.6) is 0 Å². The molecule has 5 heteroatoms. The molecule has 2 atom stereocenters. The van der Waals surface area contributed by atoms with Gasteiger partial charge in [0.15, 0.2) is 0 Å². The predicted molar refractivity (Wildman–Crippen MR) is 79.0 cm³/mol. The number of rotatable bonds is 3. The third-order valence-corrected chi connectivity index (χ3v) is 4.39. The molecule has 2 aliphatic rings. The second kappa shape index (κ2) is 6.45. The first kappa shape index (κ1) is 14.4. The second-order valence-corrected chi connectivity index (χ2v) is 5.65. The monoisotopic (exact) mass is 290 g/mol. The van der Waals surface area contributed by atoms with Gasteiger partial charge in [0.25, 0.3) is 0 Å². The summed E-state index contributed by atoms with van der Waals surface area (Å²) < 4.78 is 10.8. The average Bonchev–Trinajstić information content (AvgIpc) is 2.53. The van der Waals surface area contributed by atoms with Gasteiger partial charge in [0, 0.05) is 31.7 Å². The maximum absolute atomic E-state index is 12.1. The van der Waals surface area contributed by atoms with E-state index in [4.69, 9.17) is 9.47 Å². The normalized spacial score (nSPS) is 26.2. The summed E-state index contributed by atoms with van der Waals surface area (Å²) in [5.41, 5.74) is 1.02. The van der Waals surface area contributed by atoms with Gasteiger partial charge in [-0.3, -0.25) is 4.90 Å². The molecule has 0 aliphatic carbocycles. The number of amides is 1. The van der Waals surface area contributed by atoms with Crippen molar-refractivity contribution in [2.24, 2.45) is 0 Å². The molecule has 3 rings (SSSR count). The first-order valence-electron chi connectivity index (χ1n) is 7.55. The molecule has 0 spiro atoms. The van der Waals surface area contributed by atoms with Gasteiger partial charge in [0.1, 0.15) is 6.61 Å². The summed E-state index contributed by atoms with van der Waals surface area (Å²) in [6.45, 7) is 6.69. The van der Waals surface area contributed by atoms with Gasteiger partial charge < -0.3 is 14.4 Å². The molecule has 0 N–H and O–H groups in total. The van der Waals surface area contributed by atoms with Crippen LogP contribution in [0.4, 0.5) is 4.79 Å². The van der Waals surface area contributed by atoms with Crippen LogP contribution in [0.25, 0.3) is 0 Å². The zero-order valence-corrected chi connectivity index (χ0v) is 12.4. The lowest BCUT2D eigenvalue weighted by atomic mass is 9.97. The van der Waals surface area contributed by atoms with E-state index in [1.165, 1.54) is 0 Å². The summed E-state index contributed by atoms with van der Waals surface area (Å²) in [6, 6.07) is 10.4. The molecule has 2 fully saturated rings. The lowest BCUT2D eigenvalue weighted by Gasteiger charge is -2.51. The zero-order chi connectivity index (χ0) is 14.7. The van der Waals surface area contributed by atoms with Crippen molar-refractivity contribution in [3.05, 3.63) is 35.9 Å². The highest BCUT2D eigenvalue weighted by atomic mass is 16.6. The number of likely N-dealkylation sites (tertiary alicyclic amines) is 1. The summed E-state index contributed by atoms with van der Waals surface area (Å²) in [4.78, 5) is 16.3. The van der Waals surface area contributed by atoms with E-state index in [2.05, 4.69) is 11.8 Å². The SMILES string of the molecule is C[C@@H]1[C@H](N2CCOCC2)CN1C(=O)OCc1ccccc1. The van der Waals surface area contributed by atoms with E-state index in [0.29, 0.717) is 12.6 Å². The number of carbonyl (C=O) groups is 1.